The van der Waals surface area contributed by atoms with Crippen LogP contribution in [-0.2, 0) is 6.42 Å². The fourth-order valence-corrected chi connectivity index (χ4v) is 2.81. The Balaban J connectivity index is 2.21. The minimum atomic E-state index is -0.343. The minimum Gasteiger partial charge on any atom is -0.474 e. The molecule has 0 amide bonds. The lowest BCUT2D eigenvalue weighted by Gasteiger charge is -2.07. The number of nitro benzene ring substituents is 1. The van der Waals surface area contributed by atoms with Gasteiger partial charge >= 0.3 is 0 Å². The van der Waals surface area contributed by atoms with Crippen molar-refractivity contribution >= 4 is 17.0 Å². The van der Waals surface area contributed by atoms with Crippen LogP contribution < -0.4 is 4.74 Å². The predicted molar refractivity (Wildman–Crippen MR) is 83.3 cm³/mol. The first-order valence-electron chi connectivity index (χ1n) is 6.72. The molecule has 1 aromatic carbocycles. The van der Waals surface area contributed by atoms with Crippen LogP contribution in [-0.4, -0.2) is 16.0 Å². The van der Waals surface area contributed by atoms with Gasteiger partial charge in [-0.1, -0.05) is 0 Å². The Morgan fingerprint density at radius 2 is 2.05 bits per heavy atom. The van der Waals surface area contributed by atoms with E-state index in [2.05, 4.69) is 4.98 Å². The smallest absolute Gasteiger partial charge is 0.272 e. The van der Waals surface area contributed by atoms with Gasteiger partial charge in [-0.3, -0.25) is 10.1 Å². The van der Waals surface area contributed by atoms with E-state index >= 15 is 0 Å². The molecule has 1 aromatic heterocycles. The molecule has 2 rings (SSSR count). The Hall–Kier alpha value is -1.95. The number of thiazole rings is 1. The van der Waals surface area contributed by atoms with Gasteiger partial charge in [-0.2, -0.15) is 0 Å². The highest BCUT2D eigenvalue weighted by Crippen LogP contribution is 2.26. The normalized spacial score (nSPS) is 10.9. The minimum absolute atomic E-state index is 0.100. The summed E-state index contributed by atoms with van der Waals surface area (Å²) >= 11 is 1.54. The molecule has 0 atom stereocenters. The zero-order valence-corrected chi connectivity index (χ0v) is 13.4. The Morgan fingerprint density at radius 1 is 1.33 bits per heavy atom. The Kier molecular flexibility index (Phi) is 4.57. The number of ether oxygens (including phenoxy) is 1. The van der Waals surface area contributed by atoms with Crippen LogP contribution in [0.25, 0.3) is 0 Å². The molecular formula is C15H18N2O3S. The molecule has 0 saturated heterocycles. The average molecular weight is 306 g/mol. The summed E-state index contributed by atoms with van der Waals surface area (Å²) in [7, 11) is 0. The van der Waals surface area contributed by atoms with Crippen LogP contribution >= 0.6 is 11.3 Å². The molecule has 5 nitrogen and oxygen atoms in total. The van der Waals surface area contributed by atoms with Gasteiger partial charge in [0.15, 0.2) is 0 Å². The monoisotopic (exact) mass is 306 g/mol. The van der Waals surface area contributed by atoms with Crippen LogP contribution in [0.2, 0.25) is 0 Å². The van der Waals surface area contributed by atoms with E-state index in [0.717, 1.165) is 16.1 Å². The maximum atomic E-state index is 10.9. The summed E-state index contributed by atoms with van der Waals surface area (Å²) < 4.78 is 5.55. The number of aromatic nitrogens is 1. The van der Waals surface area contributed by atoms with Gasteiger partial charge in [0, 0.05) is 18.1 Å². The van der Waals surface area contributed by atoms with Crippen molar-refractivity contribution in [2.45, 2.75) is 40.2 Å². The van der Waals surface area contributed by atoms with E-state index < -0.39 is 0 Å². The standard InChI is InChI=1S/C15H18N2O3S/c1-9(2)20-14-8-21-15(16-14)7-12-5-11(4)13(17(18)19)6-10(12)3/h5-6,8-9H,7H2,1-4H3. The van der Waals surface area contributed by atoms with E-state index in [9.17, 15) is 10.1 Å². The van der Waals surface area contributed by atoms with Gasteiger partial charge in [0.1, 0.15) is 5.01 Å². The predicted octanol–water partition coefficient (Wildman–Crippen LogP) is 4.05. The van der Waals surface area contributed by atoms with E-state index in [-0.39, 0.29) is 16.7 Å². The first kappa shape index (κ1) is 15.4. The summed E-state index contributed by atoms with van der Waals surface area (Å²) in [6.45, 7) is 7.57. The molecule has 0 radical (unpaired) electrons. The Bertz CT molecular complexity index is 665. The highest BCUT2D eigenvalue weighted by Gasteiger charge is 2.14. The lowest BCUT2D eigenvalue weighted by atomic mass is 10.0. The average Bonchev–Trinajstić information content (AvgIpc) is 2.79. The molecule has 0 aliphatic carbocycles. The van der Waals surface area contributed by atoms with Crippen molar-refractivity contribution < 1.29 is 9.66 Å². The van der Waals surface area contributed by atoms with Crippen molar-refractivity contribution in [3.05, 3.63) is 49.3 Å². The van der Waals surface area contributed by atoms with Crippen molar-refractivity contribution in [2.24, 2.45) is 0 Å². The molecule has 0 N–H and O–H groups in total. The Labute approximate surface area is 127 Å². The van der Waals surface area contributed by atoms with Gasteiger partial charge in [-0.25, -0.2) is 4.98 Å². The van der Waals surface area contributed by atoms with Crippen LogP contribution in [0.5, 0.6) is 5.88 Å². The summed E-state index contributed by atoms with van der Waals surface area (Å²) in [5.74, 6) is 0.640. The molecule has 0 saturated carbocycles. The molecule has 2 aromatic rings. The molecule has 0 bridgehead atoms. The summed E-state index contributed by atoms with van der Waals surface area (Å²) in [6.07, 6.45) is 0.764. The number of nitro groups is 1. The molecule has 6 heteroatoms. The van der Waals surface area contributed by atoms with Gasteiger partial charge in [-0.05, 0) is 44.9 Å². The number of rotatable bonds is 5. The largest absolute Gasteiger partial charge is 0.474 e. The third-order valence-electron chi connectivity index (χ3n) is 3.08. The molecule has 0 aliphatic rings. The van der Waals surface area contributed by atoms with Gasteiger partial charge < -0.3 is 4.74 Å². The first-order chi connectivity index (χ1) is 9.86. The summed E-state index contributed by atoms with van der Waals surface area (Å²) in [5, 5.41) is 13.8. The summed E-state index contributed by atoms with van der Waals surface area (Å²) in [5.41, 5.74) is 2.81. The fourth-order valence-electron chi connectivity index (χ4n) is 2.08. The zero-order valence-electron chi connectivity index (χ0n) is 12.5. The van der Waals surface area contributed by atoms with Crippen LogP contribution in [0.15, 0.2) is 17.5 Å². The number of nitrogens with zero attached hydrogens (tertiary/aromatic N) is 2. The summed E-state index contributed by atoms with van der Waals surface area (Å²) in [4.78, 5) is 15.0. The van der Waals surface area contributed by atoms with Crippen LogP contribution in [0, 0.1) is 24.0 Å². The van der Waals surface area contributed by atoms with Gasteiger partial charge in [-0.15, -0.1) is 11.3 Å². The maximum Gasteiger partial charge on any atom is 0.272 e. The first-order valence-corrected chi connectivity index (χ1v) is 7.60. The van der Waals surface area contributed by atoms with Crippen molar-refractivity contribution in [2.75, 3.05) is 0 Å². The zero-order chi connectivity index (χ0) is 15.6. The molecule has 0 unspecified atom stereocenters. The third-order valence-corrected chi connectivity index (χ3v) is 3.91. The molecular weight excluding hydrogens is 288 g/mol. The van der Waals surface area contributed by atoms with E-state index in [1.54, 1.807) is 24.3 Å². The van der Waals surface area contributed by atoms with Crippen LogP contribution in [0.4, 0.5) is 5.69 Å². The van der Waals surface area contributed by atoms with E-state index in [0.29, 0.717) is 17.9 Å². The van der Waals surface area contributed by atoms with Gasteiger partial charge in [0.25, 0.3) is 5.69 Å². The lowest BCUT2D eigenvalue weighted by Crippen LogP contribution is -2.05. The van der Waals surface area contributed by atoms with Crippen molar-refractivity contribution in [3.63, 3.8) is 0 Å². The molecule has 112 valence electrons. The van der Waals surface area contributed by atoms with Crippen molar-refractivity contribution in [1.29, 1.82) is 0 Å². The SMILES string of the molecule is Cc1cc([N+](=O)[O-])c(C)cc1Cc1nc(OC(C)C)cs1. The molecule has 0 spiro atoms. The van der Waals surface area contributed by atoms with Crippen molar-refractivity contribution in [1.82, 2.24) is 4.98 Å². The van der Waals surface area contributed by atoms with Gasteiger partial charge in [0.2, 0.25) is 5.88 Å². The van der Waals surface area contributed by atoms with Gasteiger partial charge in [0.05, 0.1) is 16.4 Å². The number of aryl methyl sites for hydroxylation is 2. The second-order valence-electron chi connectivity index (χ2n) is 5.25. The highest BCUT2D eigenvalue weighted by atomic mass is 32.1. The third kappa shape index (κ3) is 3.78. The maximum absolute atomic E-state index is 10.9. The second kappa shape index (κ2) is 6.22. The van der Waals surface area contributed by atoms with Crippen LogP contribution in [0.3, 0.4) is 0 Å². The van der Waals surface area contributed by atoms with Crippen molar-refractivity contribution in [3.8, 4) is 5.88 Å². The van der Waals surface area contributed by atoms with E-state index in [4.69, 9.17) is 4.74 Å². The quantitative estimate of drug-likeness (QED) is 0.617. The molecule has 0 fully saturated rings. The van der Waals surface area contributed by atoms with E-state index in [1.807, 2.05) is 32.2 Å². The van der Waals surface area contributed by atoms with Crippen LogP contribution in [0.1, 0.15) is 35.5 Å². The highest BCUT2D eigenvalue weighted by molar-refractivity contribution is 7.09. The second-order valence-corrected chi connectivity index (χ2v) is 6.19. The van der Waals surface area contributed by atoms with E-state index in [1.165, 1.54) is 0 Å². The number of hydrogen-bond donors (Lipinski definition) is 0. The fraction of sp³-hybridized carbons (Fsp3) is 0.400. The Morgan fingerprint density at radius 3 is 2.67 bits per heavy atom. The summed E-state index contributed by atoms with van der Waals surface area (Å²) in [6, 6.07) is 3.50. The molecule has 21 heavy (non-hydrogen) atoms. The topological polar surface area (TPSA) is 65.3 Å². The lowest BCUT2D eigenvalue weighted by molar-refractivity contribution is -0.385. The number of benzene rings is 1. The molecule has 1 heterocycles. The molecule has 0 aliphatic heterocycles. The number of hydrogen-bond acceptors (Lipinski definition) is 5.